The van der Waals surface area contributed by atoms with Crippen LogP contribution in [0.4, 0.5) is 4.79 Å². The normalized spacial score (nSPS) is 16.8. The van der Waals surface area contributed by atoms with Crippen LogP contribution >= 0.6 is 0 Å². The monoisotopic (exact) mass is 367 g/mol. The van der Waals surface area contributed by atoms with Crippen LogP contribution in [-0.2, 0) is 10.0 Å². The van der Waals surface area contributed by atoms with Gasteiger partial charge in [0, 0.05) is 32.2 Å². The number of carbonyl (C=O) groups is 1. The van der Waals surface area contributed by atoms with Gasteiger partial charge in [0.25, 0.3) is 0 Å². The number of aryl methyl sites for hydroxylation is 3. The first kappa shape index (κ1) is 19.7. The quantitative estimate of drug-likeness (QED) is 0.892. The molecule has 1 aromatic rings. The molecule has 0 saturated carbocycles. The molecule has 1 saturated heterocycles. The maximum absolute atomic E-state index is 13.1. The Labute approximate surface area is 151 Å². The molecule has 0 aromatic heterocycles. The fourth-order valence-electron chi connectivity index (χ4n) is 3.03. The number of amides is 2. The molecule has 0 unspecified atom stereocenters. The number of rotatable bonds is 3. The van der Waals surface area contributed by atoms with E-state index < -0.39 is 10.0 Å². The molecule has 1 aromatic carbocycles. The summed E-state index contributed by atoms with van der Waals surface area (Å²) in [5.74, 6) is 0. The van der Waals surface area contributed by atoms with E-state index in [1.165, 1.54) is 4.31 Å². The van der Waals surface area contributed by atoms with Crippen LogP contribution in [-0.4, -0.2) is 55.9 Å². The average molecular weight is 368 g/mol. The molecule has 2 rings (SSSR count). The molecule has 6 nitrogen and oxygen atoms in total. The van der Waals surface area contributed by atoms with Crippen LogP contribution in [0.2, 0.25) is 0 Å². The molecule has 1 aliphatic heterocycles. The van der Waals surface area contributed by atoms with Crippen LogP contribution in [0.1, 0.15) is 37.0 Å². The standard InChI is InChI=1S/C18H29N3O3S/c1-13(2)19-18(22)20-7-6-8-21(10-9-20)25(23,24)17-12-15(4)14(3)11-16(17)5/h11-13H,6-10H2,1-5H3,(H,19,22). The first-order valence-electron chi connectivity index (χ1n) is 8.76. The predicted molar refractivity (Wildman–Crippen MR) is 99.3 cm³/mol. The molecule has 0 bridgehead atoms. The van der Waals surface area contributed by atoms with Crippen LogP contribution in [0.3, 0.4) is 0 Å². The maximum atomic E-state index is 13.1. The lowest BCUT2D eigenvalue weighted by Gasteiger charge is -2.24. The zero-order chi connectivity index (χ0) is 18.8. The van der Waals surface area contributed by atoms with Crippen molar-refractivity contribution in [3.63, 3.8) is 0 Å². The number of sulfonamides is 1. The van der Waals surface area contributed by atoms with Gasteiger partial charge >= 0.3 is 6.03 Å². The number of hydrogen-bond acceptors (Lipinski definition) is 3. The number of nitrogens with zero attached hydrogens (tertiary/aromatic N) is 2. The molecule has 0 aliphatic carbocycles. The van der Waals surface area contributed by atoms with Gasteiger partial charge in [-0.25, -0.2) is 13.2 Å². The van der Waals surface area contributed by atoms with Crippen molar-refractivity contribution in [3.05, 3.63) is 28.8 Å². The second-order valence-electron chi connectivity index (χ2n) is 7.05. The molecular weight excluding hydrogens is 338 g/mol. The summed E-state index contributed by atoms with van der Waals surface area (Å²) in [5.41, 5.74) is 2.82. The minimum atomic E-state index is -3.55. The van der Waals surface area contributed by atoms with E-state index in [-0.39, 0.29) is 12.1 Å². The van der Waals surface area contributed by atoms with E-state index in [1.54, 1.807) is 11.0 Å². The van der Waals surface area contributed by atoms with Crippen LogP contribution in [0.5, 0.6) is 0 Å². The van der Waals surface area contributed by atoms with Crippen LogP contribution in [0, 0.1) is 20.8 Å². The van der Waals surface area contributed by atoms with E-state index >= 15 is 0 Å². The van der Waals surface area contributed by atoms with Crippen LogP contribution in [0.25, 0.3) is 0 Å². The second kappa shape index (κ2) is 7.74. The summed E-state index contributed by atoms with van der Waals surface area (Å²) in [6.45, 7) is 11.3. The van der Waals surface area contributed by atoms with Crippen molar-refractivity contribution >= 4 is 16.1 Å². The Morgan fingerprint density at radius 3 is 2.28 bits per heavy atom. The summed E-state index contributed by atoms with van der Waals surface area (Å²) >= 11 is 0. The van der Waals surface area contributed by atoms with Gasteiger partial charge in [-0.1, -0.05) is 6.07 Å². The summed E-state index contributed by atoms with van der Waals surface area (Å²) in [5, 5.41) is 2.87. The first-order valence-corrected chi connectivity index (χ1v) is 10.2. The summed E-state index contributed by atoms with van der Waals surface area (Å²) in [6, 6.07) is 3.61. The Hall–Kier alpha value is -1.60. The lowest BCUT2D eigenvalue weighted by Crippen LogP contribution is -2.44. The van der Waals surface area contributed by atoms with Gasteiger partial charge in [-0.3, -0.25) is 0 Å². The van der Waals surface area contributed by atoms with Crippen molar-refractivity contribution in [1.82, 2.24) is 14.5 Å². The summed E-state index contributed by atoms with van der Waals surface area (Å²) in [4.78, 5) is 14.2. The molecule has 140 valence electrons. The largest absolute Gasteiger partial charge is 0.336 e. The highest BCUT2D eigenvalue weighted by Gasteiger charge is 2.29. The summed E-state index contributed by atoms with van der Waals surface area (Å²) in [7, 11) is -3.55. The third kappa shape index (κ3) is 4.52. The number of hydrogen-bond donors (Lipinski definition) is 1. The van der Waals surface area contributed by atoms with E-state index in [4.69, 9.17) is 0 Å². The van der Waals surface area contributed by atoms with Gasteiger partial charge in [-0.2, -0.15) is 4.31 Å². The van der Waals surface area contributed by atoms with E-state index in [0.29, 0.717) is 37.5 Å². The van der Waals surface area contributed by atoms with E-state index in [9.17, 15) is 13.2 Å². The summed E-state index contributed by atoms with van der Waals surface area (Å²) in [6.07, 6.45) is 0.634. The fraction of sp³-hybridized carbons (Fsp3) is 0.611. The van der Waals surface area contributed by atoms with Crippen molar-refractivity contribution < 1.29 is 13.2 Å². The molecule has 25 heavy (non-hydrogen) atoms. The number of urea groups is 1. The average Bonchev–Trinajstić information content (AvgIpc) is 2.76. The van der Waals surface area contributed by atoms with Gasteiger partial charge in [0.1, 0.15) is 0 Å². The molecule has 0 spiro atoms. The second-order valence-corrected chi connectivity index (χ2v) is 8.96. The molecule has 1 heterocycles. The van der Waals surface area contributed by atoms with E-state index in [2.05, 4.69) is 5.32 Å². The highest BCUT2D eigenvalue weighted by Crippen LogP contribution is 2.24. The SMILES string of the molecule is Cc1cc(C)c(S(=O)(=O)N2CCCN(C(=O)NC(C)C)CC2)cc1C. The van der Waals surface area contributed by atoms with E-state index in [0.717, 1.165) is 16.7 Å². The highest BCUT2D eigenvalue weighted by atomic mass is 32.2. The number of carbonyl (C=O) groups excluding carboxylic acids is 1. The molecule has 1 fully saturated rings. The van der Waals surface area contributed by atoms with Gasteiger partial charge in [0.2, 0.25) is 10.0 Å². The van der Waals surface area contributed by atoms with Crippen molar-refractivity contribution in [2.24, 2.45) is 0 Å². The van der Waals surface area contributed by atoms with Crippen molar-refractivity contribution in [1.29, 1.82) is 0 Å². The van der Waals surface area contributed by atoms with Crippen molar-refractivity contribution in [2.45, 2.75) is 52.0 Å². The zero-order valence-corrected chi connectivity index (χ0v) is 16.6. The highest BCUT2D eigenvalue weighted by molar-refractivity contribution is 7.89. The molecule has 1 N–H and O–H groups in total. The molecule has 1 aliphatic rings. The lowest BCUT2D eigenvalue weighted by atomic mass is 10.1. The minimum absolute atomic E-state index is 0.0637. The van der Waals surface area contributed by atoms with Crippen molar-refractivity contribution in [2.75, 3.05) is 26.2 Å². The molecule has 2 amide bonds. The Kier molecular flexibility index (Phi) is 6.11. The van der Waals surface area contributed by atoms with Gasteiger partial charge < -0.3 is 10.2 Å². The molecule has 7 heteroatoms. The van der Waals surface area contributed by atoms with E-state index in [1.807, 2.05) is 40.7 Å². The number of benzene rings is 1. The smallest absolute Gasteiger partial charge is 0.317 e. The third-order valence-corrected chi connectivity index (χ3v) is 6.60. The van der Waals surface area contributed by atoms with Crippen LogP contribution < -0.4 is 5.32 Å². The van der Waals surface area contributed by atoms with Gasteiger partial charge in [-0.05, 0) is 63.8 Å². The summed E-state index contributed by atoms with van der Waals surface area (Å²) < 4.78 is 27.7. The third-order valence-electron chi connectivity index (χ3n) is 4.56. The van der Waals surface area contributed by atoms with Gasteiger partial charge in [0.05, 0.1) is 4.90 Å². The van der Waals surface area contributed by atoms with Gasteiger partial charge in [0.15, 0.2) is 0 Å². The Balaban J connectivity index is 2.19. The number of nitrogens with one attached hydrogen (secondary N) is 1. The Bertz CT molecular complexity index is 744. The first-order chi connectivity index (χ1) is 11.6. The topological polar surface area (TPSA) is 69.7 Å². The minimum Gasteiger partial charge on any atom is -0.336 e. The molecule has 0 atom stereocenters. The Morgan fingerprint density at radius 1 is 1.00 bits per heavy atom. The molecule has 0 radical (unpaired) electrons. The van der Waals surface area contributed by atoms with Gasteiger partial charge in [-0.15, -0.1) is 0 Å². The van der Waals surface area contributed by atoms with Crippen LogP contribution in [0.15, 0.2) is 17.0 Å². The predicted octanol–water partition coefficient (Wildman–Crippen LogP) is 2.43. The Morgan fingerprint density at radius 2 is 1.64 bits per heavy atom. The zero-order valence-electron chi connectivity index (χ0n) is 15.8. The maximum Gasteiger partial charge on any atom is 0.317 e. The molecular formula is C18H29N3O3S. The van der Waals surface area contributed by atoms with Crippen molar-refractivity contribution in [3.8, 4) is 0 Å². The lowest BCUT2D eigenvalue weighted by molar-refractivity contribution is 0.198. The fourth-order valence-corrected chi connectivity index (χ4v) is 4.79.